The van der Waals surface area contributed by atoms with Gasteiger partial charge in [0, 0.05) is 17.4 Å². The summed E-state index contributed by atoms with van der Waals surface area (Å²) in [7, 11) is 0. The van der Waals surface area contributed by atoms with Crippen LogP contribution in [0.3, 0.4) is 0 Å². The number of hydrogen-bond acceptors (Lipinski definition) is 4. The van der Waals surface area contributed by atoms with Gasteiger partial charge >= 0.3 is 0 Å². The topological polar surface area (TPSA) is 77.8 Å². The number of carbonyl (C=O) groups is 1. The van der Waals surface area contributed by atoms with Crippen LogP contribution in [0.1, 0.15) is 0 Å². The lowest BCUT2D eigenvalue weighted by Gasteiger charge is -2.07. The Hall–Kier alpha value is -2.55. The summed E-state index contributed by atoms with van der Waals surface area (Å²) < 4.78 is 0. The molecule has 1 heterocycles. The van der Waals surface area contributed by atoms with Crippen LogP contribution in [0.2, 0.25) is 10.0 Å². The number of pyridine rings is 1. The zero-order valence-corrected chi connectivity index (χ0v) is 12.7. The molecule has 0 radical (unpaired) electrons. The number of carbonyl (C=O) groups excluding carboxylic acids is 1. The van der Waals surface area contributed by atoms with Crippen LogP contribution in [0.5, 0.6) is 0 Å². The van der Waals surface area contributed by atoms with Crippen molar-refractivity contribution >= 4 is 40.6 Å². The van der Waals surface area contributed by atoms with Crippen molar-refractivity contribution in [1.29, 1.82) is 5.26 Å². The lowest BCUT2D eigenvalue weighted by atomic mass is 10.2. The van der Waals surface area contributed by atoms with Gasteiger partial charge in [0.15, 0.2) is 0 Å². The van der Waals surface area contributed by atoms with E-state index in [2.05, 4.69) is 15.6 Å². The highest BCUT2D eigenvalue weighted by molar-refractivity contribution is 6.35. The molecule has 2 aromatic rings. The summed E-state index contributed by atoms with van der Waals surface area (Å²) in [4.78, 5) is 16.1. The fourth-order valence-electron chi connectivity index (χ4n) is 1.53. The zero-order chi connectivity index (χ0) is 15.9. The summed E-state index contributed by atoms with van der Waals surface area (Å²) in [5, 5.41) is 15.1. The fourth-order valence-corrected chi connectivity index (χ4v) is 1.86. The van der Waals surface area contributed by atoms with Crippen LogP contribution in [-0.4, -0.2) is 10.9 Å². The van der Waals surface area contributed by atoms with Gasteiger partial charge in [0.05, 0.1) is 10.7 Å². The summed E-state index contributed by atoms with van der Waals surface area (Å²) in [6, 6.07) is 11.7. The van der Waals surface area contributed by atoms with E-state index in [1.807, 2.05) is 6.07 Å². The highest BCUT2D eigenvalue weighted by Crippen LogP contribution is 2.25. The van der Waals surface area contributed by atoms with Crippen LogP contribution in [0.15, 0.2) is 54.4 Å². The molecule has 0 fully saturated rings. The highest BCUT2D eigenvalue weighted by atomic mass is 35.5. The number of halogens is 2. The largest absolute Gasteiger partial charge is 0.345 e. The molecule has 0 spiro atoms. The molecular formula is C15H10Cl2N4O. The molecule has 2 rings (SSSR count). The van der Waals surface area contributed by atoms with Crippen molar-refractivity contribution in [1.82, 2.24) is 4.98 Å². The van der Waals surface area contributed by atoms with Crippen LogP contribution in [-0.2, 0) is 4.79 Å². The Morgan fingerprint density at radius 1 is 1.27 bits per heavy atom. The van der Waals surface area contributed by atoms with Gasteiger partial charge < -0.3 is 10.6 Å². The van der Waals surface area contributed by atoms with Gasteiger partial charge in [-0.15, -0.1) is 0 Å². The van der Waals surface area contributed by atoms with Crippen molar-refractivity contribution in [3.8, 4) is 6.07 Å². The third kappa shape index (κ3) is 4.22. The van der Waals surface area contributed by atoms with Gasteiger partial charge in [-0.3, -0.25) is 4.79 Å². The van der Waals surface area contributed by atoms with Crippen molar-refractivity contribution in [2.75, 3.05) is 10.6 Å². The molecule has 1 aromatic heterocycles. The quantitative estimate of drug-likeness (QED) is 0.658. The van der Waals surface area contributed by atoms with Crippen molar-refractivity contribution in [3.05, 3.63) is 64.4 Å². The van der Waals surface area contributed by atoms with E-state index in [0.29, 0.717) is 21.6 Å². The number of amides is 1. The minimum atomic E-state index is -0.602. The van der Waals surface area contributed by atoms with Gasteiger partial charge in [-0.05, 0) is 30.3 Å². The average molecular weight is 333 g/mol. The van der Waals surface area contributed by atoms with Crippen LogP contribution in [0.4, 0.5) is 11.5 Å². The van der Waals surface area contributed by atoms with E-state index in [0.717, 1.165) is 0 Å². The molecule has 0 aliphatic rings. The summed E-state index contributed by atoms with van der Waals surface area (Å²) in [5.41, 5.74) is 0.208. The molecule has 22 heavy (non-hydrogen) atoms. The third-order valence-corrected chi connectivity index (χ3v) is 3.14. The van der Waals surface area contributed by atoms with Gasteiger partial charge in [-0.2, -0.15) is 5.26 Å². The highest BCUT2D eigenvalue weighted by Gasteiger charge is 2.11. The maximum Gasteiger partial charge on any atom is 0.267 e. The van der Waals surface area contributed by atoms with E-state index < -0.39 is 5.91 Å². The number of nitrogens with zero attached hydrogens (tertiary/aromatic N) is 2. The maximum absolute atomic E-state index is 12.1. The lowest BCUT2D eigenvalue weighted by molar-refractivity contribution is -0.112. The molecule has 0 saturated carbocycles. The van der Waals surface area contributed by atoms with Gasteiger partial charge in [-0.1, -0.05) is 29.3 Å². The normalized spacial score (nSPS) is 10.7. The van der Waals surface area contributed by atoms with Crippen molar-refractivity contribution in [2.45, 2.75) is 0 Å². The molecule has 1 amide bonds. The first-order valence-electron chi connectivity index (χ1n) is 6.14. The molecule has 0 bridgehead atoms. The molecule has 7 heteroatoms. The zero-order valence-electron chi connectivity index (χ0n) is 11.2. The number of anilines is 2. The van der Waals surface area contributed by atoms with E-state index in [-0.39, 0.29) is 5.57 Å². The maximum atomic E-state index is 12.1. The molecule has 0 aliphatic carbocycles. The van der Waals surface area contributed by atoms with E-state index in [9.17, 15) is 4.79 Å². The molecule has 0 unspecified atom stereocenters. The minimum Gasteiger partial charge on any atom is -0.345 e. The van der Waals surface area contributed by atoms with Crippen molar-refractivity contribution < 1.29 is 4.79 Å². The Morgan fingerprint density at radius 3 is 2.77 bits per heavy atom. The van der Waals surface area contributed by atoms with Gasteiger partial charge in [0.1, 0.15) is 17.5 Å². The van der Waals surface area contributed by atoms with Gasteiger partial charge in [0.25, 0.3) is 5.91 Å². The molecular weight excluding hydrogens is 323 g/mol. The summed E-state index contributed by atoms with van der Waals surface area (Å²) in [6.07, 6.45) is 2.87. The molecule has 0 atom stereocenters. The molecule has 5 nitrogen and oxygen atoms in total. The predicted octanol–water partition coefficient (Wildman–Crippen LogP) is 3.85. The van der Waals surface area contributed by atoms with E-state index >= 15 is 0 Å². The van der Waals surface area contributed by atoms with Crippen LogP contribution >= 0.6 is 23.2 Å². The number of benzene rings is 1. The first kappa shape index (κ1) is 15.8. The Morgan fingerprint density at radius 2 is 2.09 bits per heavy atom. The number of nitriles is 1. The Bertz CT molecular complexity index is 754. The first-order valence-corrected chi connectivity index (χ1v) is 6.90. The van der Waals surface area contributed by atoms with Crippen molar-refractivity contribution in [3.63, 3.8) is 0 Å². The second-order valence-corrected chi connectivity index (χ2v) is 4.95. The minimum absolute atomic E-state index is 0.123. The Kier molecular flexibility index (Phi) is 5.37. The second-order valence-electron chi connectivity index (χ2n) is 4.11. The van der Waals surface area contributed by atoms with Crippen LogP contribution < -0.4 is 10.6 Å². The van der Waals surface area contributed by atoms with Crippen molar-refractivity contribution in [2.24, 2.45) is 0 Å². The Balaban J connectivity index is 2.12. The first-order chi connectivity index (χ1) is 10.6. The molecule has 0 saturated heterocycles. The fraction of sp³-hybridized carbons (Fsp3) is 0. The van der Waals surface area contributed by atoms with Crippen LogP contribution in [0.25, 0.3) is 0 Å². The van der Waals surface area contributed by atoms with Crippen LogP contribution in [0, 0.1) is 11.3 Å². The molecule has 1 aromatic carbocycles. The SMILES string of the molecule is N#C/C(=C/Nc1ccccn1)C(=O)Nc1cc(Cl)ccc1Cl. The number of aromatic nitrogens is 1. The van der Waals surface area contributed by atoms with Gasteiger partial charge in [0.2, 0.25) is 0 Å². The smallest absolute Gasteiger partial charge is 0.267 e. The lowest BCUT2D eigenvalue weighted by Crippen LogP contribution is -2.15. The molecule has 110 valence electrons. The Labute approximate surface area is 137 Å². The van der Waals surface area contributed by atoms with E-state index in [4.69, 9.17) is 28.5 Å². The second kappa shape index (κ2) is 7.46. The molecule has 0 aliphatic heterocycles. The average Bonchev–Trinajstić information content (AvgIpc) is 2.52. The van der Waals surface area contributed by atoms with Gasteiger partial charge in [-0.25, -0.2) is 4.98 Å². The summed E-state index contributed by atoms with van der Waals surface area (Å²) >= 11 is 11.8. The molecule has 2 N–H and O–H groups in total. The summed E-state index contributed by atoms with van der Waals surface area (Å²) in [6.45, 7) is 0. The van der Waals surface area contributed by atoms with E-state index in [1.54, 1.807) is 36.5 Å². The number of hydrogen-bond donors (Lipinski definition) is 2. The summed E-state index contributed by atoms with van der Waals surface area (Å²) in [5.74, 6) is -0.0843. The standard InChI is InChI=1S/C15H10Cl2N4O/c16-11-4-5-12(17)13(7-11)21-15(22)10(8-18)9-20-14-3-1-2-6-19-14/h1-7,9H,(H,19,20)(H,21,22)/b10-9-. The monoisotopic (exact) mass is 332 g/mol. The number of rotatable bonds is 4. The number of nitrogens with one attached hydrogen (secondary N) is 2. The predicted molar refractivity (Wildman–Crippen MR) is 86.6 cm³/mol. The van der Waals surface area contributed by atoms with E-state index in [1.165, 1.54) is 12.3 Å². The third-order valence-electron chi connectivity index (χ3n) is 2.57.